The monoisotopic (exact) mass is 375 g/mol. The van der Waals surface area contributed by atoms with E-state index in [-0.39, 0.29) is 28.1 Å². The summed E-state index contributed by atoms with van der Waals surface area (Å²) in [7, 11) is -2.20. The van der Waals surface area contributed by atoms with E-state index >= 15 is 0 Å². The Kier molecular flexibility index (Phi) is 4.54. The fraction of sp³-hybridized carbons (Fsp3) is 0.500. The van der Waals surface area contributed by atoms with Gasteiger partial charge in [0.15, 0.2) is 0 Å². The van der Waals surface area contributed by atoms with Gasteiger partial charge in [-0.25, -0.2) is 13.1 Å². The number of nitrogens with one attached hydrogen (secondary N) is 1. The van der Waals surface area contributed by atoms with Crippen molar-refractivity contribution in [1.82, 2.24) is 14.5 Å². The van der Waals surface area contributed by atoms with E-state index in [4.69, 9.17) is 11.6 Å². The molecule has 1 aliphatic rings. The van der Waals surface area contributed by atoms with E-state index in [0.717, 1.165) is 4.88 Å². The maximum absolute atomic E-state index is 12.8. The highest BCUT2D eigenvalue weighted by atomic mass is 35.5. The van der Waals surface area contributed by atoms with Crippen LogP contribution in [0.5, 0.6) is 0 Å². The fourth-order valence-electron chi connectivity index (χ4n) is 2.90. The van der Waals surface area contributed by atoms with Crippen LogP contribution in [0.1, 0.15) is 29.5 Å². The quantitative estimate of drug-likeness (QED) is 0.839. The lowest BCUT2D eigenvalue weighted by atomic mass is 9.77. The number of nitrogens with zero attached hydrogens (tertiary/aromatic N) is 2. The summed E-state index contributed by atoms with van der Waals surface area (Å²) in [5.41, 5.74) is 0.364. The zero-order valence-electron chi connectivity index (χ0n) is 12.7. The van der Waals surface area contributed by atoms with Gasteiger partial charge in [0.1, 0.15) is 10.0 Å². The van der Waals surface area contributed by atoms with Crippen molar-refractivity contribution in [1.29, 1.82) is 0 Å². The zero-order valence-corrected chi connectivity index (χ0v) is 15.1. The minimum absolute atomic E-state index is 0.0168. The first-order chi connectivity index (χ1) is 10.8. The molecule has 9 heteroatoms. The van der Waals surface area contributed by atoms with Crippen LogP contribution in [0.25, 0.3) is 0 Å². The van der Waals surface area contributed by atoms with E-state index in [1.165, 1.54) is 16.0 Å². The molecule has 126 valence electrons. The number of aryl methyl sites for hydroxylation is 2. The highest BCUT2D eigenvalue weighted by molar-refractivity contribution is 7.89. The van der Waals surface area contributed by atoms with Crippen LogP contribution in [0.15, 0.2) is 22.4 Å². The van der Waals surface area contributed by atoms with Crippen LogP contribution in [0.2, 0.25) is 5.15 Å². The molecule has 2 N–H and O–H groups in total. The Hall–Kier alpha value is -0.930. The lowest BCUT2D eigenvalue weighted by Crippen LogP contribution is -2.41. The van der Waals surface area contributed by atoms with Crippen molar-refractivity contribution >= 4 is 33.0 Å². The number of halogens is 1. The average Bonchev–Trinajstić information content (AvgIpc) is 3.02. The number of aliphatic hydroxyl groups is 1. The topological polar surface area (TPSA) is 84.2 Å². The molecule has 0 unspecified atom stereocenters. The first kappa shape index (κ1) is 16.9. The molecular weight excluding hydrogens is 358 g/mol. The van der Waals surface area contributed by atoms with Crippen LogP contribution in [-0.2, 0) is 17.1 Å². The third-order valence-corrected chi connectivity index (χ3v) is 7.21. The molecule has 0 aromatic carbocycles. The van der Waals surface area contributed by atoms with E-state index in [2.05, 4.69) is 9.82 Å². The largest absolute Gasteiger partial charge is 0.393 e. The van der Waals surface area contributed by atoms with Gasteiger partial charge in [0.05, 0.1) is 17.8 Å². The Morgan fingerprint density at radius 3 is 2.70 bits per heavy atom. The van der Waals surface area contributed by atoms with Crippen molar-refractivity contribution in [3.05, 3.63) is 33.2 Å². The SMILES string of the molecule is Cc1nn(C)c(Cl)c1S(=O)(=O)N[C@@H](c1cccs1)C1CC(O)C1. The van der Waals surface area contributed by atoms with Gasteiger partial charge in [-0.05, 0) is 37.1 Å². The van der Waals surface area contributed by atoms with Crippen LogP contribution in [-0.4, -0.2) is 29.4 Å². The molecular formula is C14H18ClN3O3S2. The molecule has 0 radical (unpaired) electrons. The lowest BCUT2D eigenvalue weighted by molar-refractivity contribution is 0.0286. The van der Waals surface area contributed by atoms with Crippen LogP contribution < -0.4 is 4.72 Å². The Morgan fingerprint density at radius 1 is 1.52 bits per heavy atom. The summed E-state index contributed by atoms with van der Waals surface area (Å²) in [4.78, 5) is 0.950. The van der Waals surface area contributed by atoms with E-state index in [9.17, 15) is 13.5 Å². The number of hydrogen-bond donors (Lipinski definition) is 2. The van der Waals surface area contributed by atoms with Gasteiger partial charge in [0, 0.05) is 11.9 Å². The maximum atomic E-state index is 12.8. The van der Waals surface area contributed by atoms with Gasteiger partial charge >= 0.3 is 0 Å². The standard InChI is InChI=1S/C14H18ClN3O3S2/c1-8-13(14(15)18(2)16-8)23(20,21)17-12(9-6-10(19)7-9)11-4-3-5-22-11/h3-5,9-10,12,17,19H,6-7H2,1-2H3/t9?,10?,12-/m1/s1. The number of sulfonamides is 1. The van der Waals surface area contributed by atoms with Gasteiger partial charge < -0.3 is 5.11 Å². The molecule has 2 aromatic rings. The molecule has 23 heavy (non-hydrogen) atoms. The number of hydrogen-bond acceptors (Lipinski definition) is 5. The molecule has 1 aliphatic carbocycles. The molecule has 0 spiro atoms. The van der Waals surface area contributed by atoms with Gasteiger partial charge in [0.25, 0.3) is 0 Å². The Bertz CT molecular complexity index is 796. The summed E-state index contributed by atoms with van der Waals surface area (Å²) in [5, 5.41) is 15.6. The Labute approximate surface area is 144 Å². The summed E-state index contributed by atoms with van der Waals surface area (Å²) in [6.07, 6.45) is 0.825. The van der Waals surface area contributed by atoms with Gasteiger partial charge in [-0.15, -0.1) is 11.3 Å². The average molecular weight is 376 g/mol. The van der Waals surface area contributed by atoms with Gasteiger partial charge in [-0.3, -0.25) is 4.68 Å². The van der Waals surface area contributed by atoms with E-state index in [1.54, 1.807) is 14.0 Å². The predicted octanol–water partition coefficient (Wildman–Crippen LogP) is 2.23. The molecule has 1 fully saturated rings. The molecule has 3 rings (SSSR count). The molecule has 0 amide bonds. The highest BCUT2D eigenvalue weighted by Crippen LogP contribution is 2.40. The second-order valence-electron chi connectivity index (χ2n) is 5.83. The van der Waals surface area contributed by atoms with Crippen LogP contribution in [0.3, 0.4) is 0 Å². The van der Waals surface area contributed by atoms with E-state index < -0.39 is 10.0 Å². The molecule has 0 bridgehead atoms. The third-order valence-electron chi connectivity index (χ3n) is 4.12. The minimum atomic E-state index is -3.80. The summed E-state index contributed by atoms with van der Waals surface area (Å²) in [6.45, 7) is 1.62. The van der Waals surface area contributed by atoms with Crippen molar-refractivity contribution < 1.29 is 13.5 Å². The van der Waals surface area contributed by atoms with Crippen molar-refractivity contribution in [2.24, 2.45) is 13.0 Å². The lowest BCUT2D eigenvalue weighted by Gasteiger charge is -2.37. The number of aliphatic hydroxyl groups excluding tert-OH is 1. The van der Waals surface area contributed by atoms with Crippen molar-refractivity contribution in [2.75, 3.05) is 0 Å². The summed E-state index contributed by atoms with van der Waals surface area (Å²) >= 11 is 7.60. The highest BCUT2D eigenvalue weighted by Gasteiger charge is 2.38. The molecule has 2 heterocycles. The van der Waals surface area contributed by atoms with Gasteiger partial charge in [-0.1, -0.05) is 17.7 Å². The predicted molar refractivity (Wildman–Crippen MR) is 89.1 cm³/mol. The van der Waals surface area contributed by atoms with Gasteiger partial charge in [-0.2, -0.15) is 5.10 Å². The molecule has 1 saturated carbocycles. The number of rotatable bonds is 5. The Morgan fingerprint density at radius 2 is 2.22 bits per heavy atom. The first-order valence-corrected chi connectivity index (χ1v) is 9.96. The summed E-state index contributed by atoms with van der Waals surface area (Å²) in [5.74, 6) is 0.0779. The number of aromatic nitrogens is 2. The second kappa shape index (κ2) is 6.18. The van der Waals surface area contributed by atoms with E-state index in [0.29, 0.717) is 18.5 Å². The van der Waals surface area contributed by atoms with Crippen LogP contribution in [0, 0.1) is 12.8 Å². The van der Waals surface area contributed by atoms with E-state index in [1.807, 2.05) is 17.5 Å². The Balaban J connectivity index is 1.93. The summed E-state index contributed by atoms with van der Waals surface area (Å²) < 4.78 is 29.7. The maximum Gasteiger partial charge on any atom is 0.246 e. The zero-order chi connectivity index (χ0) is 16.8. The molecule has 2 aromatic heterocycles. The fourth-order valence-corrected chi connectivity index (χ4v) is 5.88. The molecule has 0 aliphatic heterocycles. The van der Waals surface area contributed by atoms with Crippen molar-refractivity contribution in [2.45, 2.75) is 36.8 Å². The number of thiophene rings is 1. The van der Waals surface area contributed by atoms with Crippen LogP contribution in [0.4, 0.5) is 0 Å². The first-order valence-electron chi connectivity index (χ1n) is 7.22. The van der Waals surface area contributed by atoms with Crippen LogP contribution >= 0.6 is 22.9 Å². The van der Waals surface area contributed by atoms with Gasteiger partial charge in [0.2, 0.25) is 10.0 Å². The third kappa shape index (κ3) is 3.18. The summed E-state index contributed by atoms with van der Waals surface area (Å²) in [6, 6.07) is 3.43. The smallest absolute Gasteiger partial charge is 0.246 e. The molecule has 6 nitrogen and oxygen atoms in total. The van der Waals surface area contributed by atoms with Crippen molar-refractivity contribution in [3.63, 3.8) is 0 Å². The van der Waals surface area contributed by atoms with Crippen molar-refractivity contribution in [3.8, 4) is 0 Å². The molecule has 0 saturated heterocycles. The molecule has 1 atom stereocenters. The minimum Gasteiger partial charge on any atom is -0.393 e. The second-order valence-corrected chi connectivity index (χ2v) is 8.82. The normalized spacial score (nSPS) is 22.8.